The van der Waals surface area contributed by atoms with E-state index in [1.54, 1.807) is 48.5 Å². The first-order valence-electron chi connectivity index (χ1n) is 11.1. The van der Waals surface area contributed by atoms with E-state index in [4.69, 9.17) is 25.8 Å². The molecule has 1 fully saturated rings. The number of anilines is 1. The third kappa shape index (κ3) is 5.34. The summed E-state index contributed by atoms with van der Waals surface area (Å²) in [5.41, 5.74) is 1.43. The highest BCUT2D eigenvalue weighted by atomic mass is 35.5. The molecule has 1 saturated heterocycles. The highest BCUT2D eigenvalue weighted by Crippen LogP contribution is 2.31. The van der Waals surface area contributed by atoms with E-state index in [0.717, 1.165) is 10.5 Å². The van der Waals surface area contributed by atoms with Crippen molar-refractivity contribution in [1.29, 1.82) is 0 Å². The third-order valence-corrected chi connectivity index (χ3v) is 5.72. The van der Waals surface area contributed by atoms with Gasteiger partial charge in [0.05, 0.1) is 19.4 Å². The second-order valence-corrected chi connectivity index (χ2v) is 8.08. The van der Waals surface area contributed by atoms with Crippen LogP contribution in [0.4, 0.5) is 10.5 Å². The third-order valence-electron chi connectivity index (χ3n) is 5.35. The van der Waals surface area contributed by atoms with Gasteiger partial charge in [-0.1, -0.05) is 35.9 Å². The topological polar surface area (TPSA) is 94.2 Å². The molecule has 0 aromatic heterocycles. The number of barbiturate groups is 1. The Hall–Kier alpha value is -4.30. The van der Waals surface area contributed by atoms with Gasteiger partial charge in [-0.05, 0) is 61.0 Å². The fourth-order valence-corrected chi connectivity index (χ4v) is 3.77. The van der Waals surface area contributed by atoms with E-state index < -0.39 is 17.8 Å². The van der Waals surface area contributed by atoms with E-state index in [9.17, 15) is 14.4 Å². The maximum Gasteiger partial charge on any atom is 0.335 e. The van der Waals surface area contributed by atoms with Crippen LogP contribution in [0, 0.1) is 0 Å². The number of imide groups is 2. The number of ether oxygens (including phenoxy) is 3. The van der Waals surface area contributed by atoms with E-state index in [-0.39, 0.29) is 12.2 Å². The molecule has 0 spiro atoms. The van der Waals surface area contributed by atoms with Crippen molar-refractivity contribution in [1.82, 2.24) is 5.32 Å². The Morgan fingerprint density at radius 3 is 2.39 bits per heavy atom. The fraction of sp³-hybridized carbons (Fsp3) is 0.148. The van der Waals surface area contributed by atoms with E-state index in [0.29, 0.717) is 40.1 Å². The molecule has 36 heavy (non-hydrogen) atoms. The zero-order chi connectivity index (χ0) is 25.7. The maximum atomic E-state index is 13.2. The number of methoxy groups -OCH3 is 1. The first-order valence-corrected chi connectivity index (χ1v) is 11.5. The van der Waals surface area contributed by atoms with Gasteiger partial charge in [0.15, 0.2) is 11.5 Å². The van der Waals surface area contributed by atoms with Crippen LogP contribution < -0.4 is 24.4 Å². The van der Waals surface area contributed by atoms with Gasteiger partial charge in [-0.15, -0.1) is 0 Å². The standard InChI is InChI=1S/C27H23ClN2O6/c1-3-35-20-11-9-19(10-12-20)30-26(32)21(25(31)29-27(30)33)14-17-8-13-23(24(15-17)34-2)36-16-18-6-4-5-7-22(18)28/h4-15H,3,16H2,1-2H3,(H,29,31,33)/b21-14-. The average molecular weight is 507 g/mol. The number of hydrogen-bond donors (Lipinski definition) is 1. The lowest BCUT2D eigenvalue weighted by Gasteiger charge is -2.26. The van der Waals surface area contributed by atoms with Crippen molar-refractivity contribution in [3.63, 3.8) is 0 Å². The Labute approximate surface area is 213 Å². The summed E-state index contributed by atoms with van der Waals surface area (Å²) in [6.45, 7) is 2.57. The molecule has 0 saturated carbocycles. The van der Waals surface area contributed by atoms with Gasteiger partial charge in [-0.2, -0.15) is 0 Å². The highest BCUT2D eigenvalue weighted by Gasteiger charge is 2.36. The van der Waals surface area contributed by atoms with Crippen LogP contribution in [0.15, 0.2) is 72.3 Å². The number of halogens is 1. The number of carbonyl (C=O) groups excluding carboxylic acids is 3. The van der Waals surface area contributed by atoms with Gasteiger partial charge >= 0.3 is 6.03 Å². The van der Waals surface area contributed by atoms with Gasteiger partial charge < -0.3 is 14.2 Å². The minimum atomic E-state index is -0.827. The van der Waals surface area contributed by atoms with E-state index in [1.165, 1.54) is 13.2 Å². The SMILES string of the molecule is CCOc1ccc(N2C(=O)NC(=O)/C(=C/c3ccc(OCc4ccccc4Cl)c(OC)c3)C2=O)cc1. The molecule has 0 aliphatic carbocycles. The summed E-state index contributed by atoms with van der Waals surface area (Å²) < 4.78 is 16.7. The monoisotopic (exact) mass is 506 g/mol. The molecule has 184 valence electrons. The molecule has 1 heterocycles. The Bertz CT molecular complexity index is 1340. The van der Waals surface area contributed by atoms with Crippen molar-refractivity contribution >= 4 is 41.2 Å². The van der Waals surface area contributed by atoms with Gasteiger partial charge in [0.25, 0.3) is 11.8 Å². The Balaban J connectivity index is 1.58. The molecule has 4 rings (SSSR count). The van der Waals surface area contributed by atoms with Crippen LogP contribution in [0.3, 0.4) is 0 Å². The molecule has 3 aromatic carbocycles. The molecule has 3 aromatic rings. The summed E-state index contributed by atoms with van der Waals surface area (Å²) in [6.07, 6.45) is 1.39. The molecular formula is C27H23ClN2O6. The average Bonchev–Trinajstić information content (AvgIpc) is 2.87. The molecule has 0 bridgehead atoms. The minimum absolute atomic E-state index is 0.199. The molecule has 1 aliphatic heterocycles. The molecule has 1 N–H and O–H groups in total. The second-order valence-electron chi connectivity index (χ2n) is 7.68. The van der Waals surface area contributed by atoms with E-state index in [1.807, 2.05) is 25.1 Å². The molecule has 0 radical (unpaired) electrons. The summed E-state index contributed by atoms with van der Waals surface area (Å²) in [5.74, 6) is -0.0669. The first-order chi connectivity index (χ1) is 17.4. The Morgan fingerprint density at radius 1 is 0.944 bits per heavy atom. The molecule has 0 unspecified atom stereocenters. The Kier molecular flexibility index (Phi) is 7.56. The van der Waals surface area contributed by atoms with Gasteiger partial charge in [-0.25, -0.2) is 9.69 Å². The quantitative estimate of drug-likeness (QED) is 0.341. The van der Waals surface area contributed by atoms with Crippen molar-refractivity contribution in [2.75, 3.05) is 18.6 Å². The summed E-state index contributed by atoms with van der Waals surface area (Å²) >= 11 is 6.19. The highest BCUT2D eigenvalue weighted by molar-refractivity contribution is 6.39. The smallest absolute Gasteiger partial charge is 0.335 e. The summed E-state index contributed by atoms with van der Waals surface area (Å²) in [6, 6.07) is 17.9. The Morgan fingerprint density at radius 2 is 1.69 bits per heavy atom. The van der Waals surface area contributed by atoms with Crippen LogP contribution in [0.5, 0.6) is 17.2 Å². The van der Waals surface area contributed by atoms with Gasteiger partial charge in [0, 0.05) is 10.6 Å². The van der Waals surface area contributed by atoms with Gasteiger partial charge in [0.2, 0.25) is 0 Å². The van der Waals surface area contributed by atoms with Crippen LogP contribution in [0.25, 0.3) is 6.08 Å². The fourth-order valence-electron chi connectivity index (χ4n) is 3.58. The molecule has 4 amide bonds. The number of hydrogen-bond acceptors (Lipinski definition) is 6. The minimum Gasteiger partial charge on any atom is -0.494 e. The van der Waals surface area contributed by atoms with Gasteiger partial charge in [-0.3, -0.25) is 14.9 Å². The molecule has 0 atom stereocenters. The van der Waals surface area contributed by atoms with Crippen molar-refractivity contribution < 1.29 is 28.6 Å². The lowest BCUT2D eigenvalue weighted by atomic mass is 10.1. The number of rotatable bonds is 8. The second kappa shape index (κ2) is 11.0. The molecular weight excluding hydrogens is 484 g/mol. The predicted octanol–water partition coefficient (Wildman–Crippen LogP) is 4.99. The number of nitrogens with one attached hydrogen (secondary N) is 1. The number of benzene rings is 3. The number of carbonyl (C=O) groups is 3. The summed E-state index contributed by atoms with van der Waals surface area (Å²) in [4.78, 5) is 39.0. The lowest BCUT2D eigenvalue weighted by molar-refractivity contribution is -0.122. The largest absolute Gasteiger partial charge is 0.494 e. The van der Waals surface area contributed by atoms with Crippen molar-refractivity contribution in [2.24, 2.45) is 0 Å². The van der Waals surface area contributed by atoms with Crippen LogP contribution in [-0.2, 0) is 16.2 Å². The van der Waals surface area contributed by atoms with E-state index >= 15 is 0 Å². The number of amides is 4. The normalized spacial score (nSPS) is 14.6. The maximum absolute atomic E-state index is 13.2. The molecule has 8 nitrogen and oxygen atoms in total. The number of urea groups is 1. The summed E-state index contributed by atoms with van der Waals surface area (Å²) in [5, 5.41) is 2.80. The number of nitrogens with zero attached hydrogens (tertiary/aromatic N) is 1. The van der Waals surface area contributed by atoms with Crippen LogP contribution >= 0.6 is 11.6 Å². The van der Waals surface area contributed by atoms with Crippen molar-refractivity contribution in [3.05, 3.63) is 88.5 Å². The zero-order valence-corrected chi connectivity index (χ0v) is 20.4. The molecule has 1 aliphatic rings. The molecule has 9 heteroatoms. The van der Waals surface area contributed by atoms with E-state index in [2.05, 4.69) is 5.32 Å². The van der Waals surface area contributed by atoms with Crippen LogP contribution in [0.1, 0.15) is 18.1 Å². The first kappa shape index (κ1) is 24.8. The predicted molar refractivity (Wildman–Crippen MR) is 135 cm³/mol. The summed E-state index contributed by atoms with van der Waals surface area (Å²) in [7, 11) is 1.49. The van der Waals surface area contributed by atoms with Crippen LogP contribution in [0.2, 0.25) is 5.02 Å². The van der Waals surface area contributed by atoms with Gasteiger partial charge in [0.1, 0.15) is 17.9 Å². The zero-order valence-electron chi connectivity index (χ0n) is 19.6. The van der Waals surface area contributed by atoms with Crippen molar-refractivity contribution in [3.8, 4) is 17.2 Å². The van der Waals surface area contributed by atoms with Crippen molar-refractivity contribution in [2.45, 2.75) is 13.5 Å². The lowest BCUT2D eigenvalue weighted by Crippen LogP contribution is -2.54. The van der Waals surface area contributed by atoms with Crippen LogP contribution in [-0.4, -0.2) is 31.6 Å².